The molecule has 16 heavy (non-hydrogen) atoms. The maximum Gasteiger partial charge on any atom is 0.132 e. The molecule has 1 aliphatic carbocycles. The van der Waals surface area contributed by atoms with E-state index in [0.717, 1.165) is 0 Å². The van der Waals surface area contributed by atoms with E-state index in [0.29, 0.717) is 17.6 Å². The first-order valence-corrected chi connectivity index (χ1v) is 6.24. The molecule has 2 heteroatoms. The van der Waals surface area contributed by atoms with Crippen molar-refractivity contribution >= 4 is 0 Å². The van der Waals surface area contributed by atoms with Crippen LogP contribution in [0.4, 0.5) is 0 Å². The van der Waals surface area contributed by atoms with Crippen molar-refractivity contribution in [2.45, 2.75) is 46.1 Å². The number of hydrogen-bond acceptors (Lipinski definition) is 2. The van der Waals surface area contributed by atoms with Gasteiger partial charge in [0.05, 0.1) is 6.26 Å². The van der Waals surface area contributed by atoms with Gasteiger partial charge in [0.15, 0.2) is 0 Å². The molecule has 1 heterocycles. The fourth-order valence-corrected chi connectivity index (χ4v) is 3.37. The van der Waals surface area contributed by atoms with Crippen LogP contribution in [0, 0.1) is 17.3 Å². The van der Waals surface area contributed by atoms with Gasteiger partial charge in [-0.25, -0.2) is 0 Å². The number of aliphatic hydroxyl groups is 1. The highest BCUT2D eigenvalue weighted by molar-refractivity contribution is 5.06. The molecule has 1 aromatic heterocycles. The van der Waals surface area contributed by atoms with E-state index in [1.807, 2.05) is 12.1 Å². The van der Waals surface area contributed by atoms with E-state index in [1.54, 1.807) is 6.26 Å². The summed E-state index contributed by atoms with van der Waals surface area (Å²) >= 11 is 0. The van der Waals surface area contributed by atoms with Gasteiger partial charge in [0.1, 0.15) is 11.9 Å². The van der Waals surface area contributed by atoms with Crippen molar-refractivity contribution in [2.75, 3.05) is 0 Å². The molecule has 2 rings (SSSR count). The Kier molecular flexibility index (Phi) is 3.11. The second-order valence-electron chi connectivity index (χ2n) is 5.84. The largest absolute Gasteiger partial charge is 0.467 e. The minimum atomic E-state index is -0.458. The third-order valence-corrected chi connectivity index (χ3v) is 4.17. The van der Waals surface area contributed by atoms with Crippen LogP contribution in [0.2, 0.25) is 0 Å². The summed E-state index contributed by atoms with van der Waals surface area (Å²) in [6, 6.07) is 3.72. The molecule has 1 saturated carbocycles. The highest BCUT2D eigenvalue weighted by Gasteiger charge is 2.42. The first kappa shape index (κ1) is 11.7. The molecule has 0 aromatic carbocycles. The standard InChI is InChI=1S/C14H22O2/c1-10-6-4-8-14(2,3)12(10)13(15)11-7-5-9-16-11/h5,7,9-10,12-13,15H,4,6,8H2,1-3H3/t10?,12-,13+/m1/s1. The Labute approximate surface area is 97.7 Å². The monoisotopic (exact) mass is 222 g/mol. The van der Waals surface area contributed by atoms with Crippen LogP contribution in [0.3, 0.4) is 0 Å². The van der Waals surface area contributed by atoms with Gasteiger partial charge in [-0.05, 0) is 35.8 Å². The van der Waals surface area contributed by atoms with E-state index in [2.05, 4.69) is 20.8 Å². The topological polar surface area (TPSA) is 33.4 Å². The van der Waals surface area contributed by atoms with Crippen LogP contribution in [0.15, 0.2) is 22.8 Å². The van der Waals surface area contributed by atoms with Crippen LogP contribution in [-0.4, -0.2) is 5.11 Å². The van der Waals surface area contributed by atoms with E-state index in [-0.39, 0.29) is 5.41 Å². The van der Waals surface area contributed by atoms with Crippen molar-refractivity contribution in [3.63, 3.8) is 0 Å². The van der Waals surface area contributed by atoms with E-state index in [1.165, 1.54) is 19.3 Å². The molecule has 1 fully saturated rings. The molecule has 1 aliphatic rings. The van der Waals surface area contributed by atoms with Crippen LogP contribution < -0.4 is 0 Å². The Morgan fingerprint density at radius 1 is 1.50 bits per heavy atom. The Bertz CT molecular complexity index is 327. The summed E-state index contributed by atoms with van der Waals surface area (Å²) in [4.78, 5) is 0. The zero-order chi connectivity index (χ0) is 11.8. The highest BCUT2D eigenvalue weighted by Crippen LogP contribution is 2.49. The van der Waals surface area contributed by atoms with Gasteiger partial charge >= 0.3 is 0 Å². The molecular formula is C14H22O2. The molecule has 0 radical (unpaired) electrons. The van der Waals surface area contributed by atoms with E-state index in [9.17, 15) is 5.11 Å². The molecule has 0 spiro atoms. The summed E-state index contributed by atoms with van der Waals surface area (Å²) in [5.41, 5.74) is 0.198. The summed E-state index contributed by atoms with van der Waals surface area (Å²) in [5, 5.41) is 10.4. The van der Waals surface area contributed by atoms with Gasteiger partial charge in [-0.1, -0.05) is 33.6 Å². The lowest BCUT2D eigenvalue weighted by Crippen LogP contribution is -2.37. The van der Waals surface area contributed by atoms with Crippen molar-refractivity contribution in [3.05, 3.63) is 24.2 Å². The van der Waals surface area contributed by atoms with Crippen LogP contribution in [0.5, 0.6) is 0 Å². The lowest BCUT2D eigenvalue weighted by atomic mass is 9.62. The lowest BCUT2D eigenvalue weighted by molar-refractivity contribution is -0.0390. The Hall–Kier alpha value is -0.760. The van der Waals surface area contributed by atoms with E-state index < -0.39 is 6.10 Å². The lowest BCUT2D eigenvalue weighted by Gasteiger charge is -2.44. The summed E-state index contributed by atoms with van der Waals surface area (Å²) in [7, 11) is 0. The quantitative estimate of drug-likeness (QED) is 0.826. The Balaban J connectivity index is 2.23. The molecule has 2 nitrogen and oxygen atoms in total. The van der Waals surface area contributed by atoms with Gasteiger partial charge in [0.25, 0.3) is 0 Å². The molecule has 0 saturated heterocycles. The molecule has 0 amide bonds. The van der Waals surface area contributed by atoms with Gasteiger partial charge in [-0.2, -0.15) is 0 Å². The predicted molar refractivity (Wildman–Crippen MR) is 64.0 cm³/mol. The number of furan rings is 1. The van der Waals surface area contributed by atoms with Crippen molar-refractivity contribution in [1.29, 1.82) is 0 Å². The third-order valence-electron chi connectivity index (χ3n) is 4.17. The summed E-state index contributed by atoms with van der Waals surface area (Å²) < 4.78 is 5.34. The van der Waals surface area contributed by atoms with Gasteiger partial charge in [-0.15, -0.1) is 0 Å². The second kappa shape index (κ2) is 4.25. The zero-order valence-electron chi connectivity index (χ0n) is 10.4. The number of hydrogen-bond donors (Lipinski definition) is 1. The average Bonchev–Trinajstić information content (AvgIpc) is 2.68. The Morgan fingerprint density at radius 3 is 2.81 bits per heavy atom. The summed E-state index contributed by atoms with van der Waals surface area (Å²) in [6.07, 6.45) is 4.86. The molecule has 0 bridgehead atoms. The van der Waals surface area contributed by atoms with Crippen molar-refractivity contribution < 1.29 is 9.52 Å². The van der Waals surface area contributed by atoms with Crippen molar-refractivity contribution in [3.8, 4) is 0 Å². The summed E-state index contributed by atoms with van der Waals surface area (Å²) in [5.74, 6) is 1.57. The van der Waals surface area contributed by atoms with Crippen molar-refractivity contribution in [2.24, 2.45) is 17.3 Å². The van der Waals surface area contributed by atoms with Crippen LogP contribution in [0.1, 0.15) is 51.9 Å². The number of rotatable bonds is 2. The molecular weight excluding hydrogens is 200 g/mol. The number of aliphatic hydroxyl groups excluding tert-OH is 1. The summed E-state index contributed by atoms with van der Waals surface area (Å²) in [6.45, 7) is 6.77. The van der Waals surface area contributed by atoms with E-state index >= 15 is 0 Å². The van der Waals surface area contributed by atoms with Gasteiger partial charge in [0, 0.05) is 0 Å². The molecule has 1 aromatic rings. The average molecular weight is 222 g/mol. The zero-order valence-corrected chi connectivity index (χ0v) is 10.4. The Morgan fingerprint density at radius 2 is 2.25 bits per heavy atom. The molecule has 90 valence electrons. The highest BCUT2D eigenvalue weighted by atomic mass is 16.4. The van der Waals surface area contributed by atoms with Gasteiger partial charge in [-0.3, -0.25) is 0 Å². The first-order chi connectivity index (χ1) is 7.52. The molecule has 3 atom stereocenters. The maximum absolute atomic E-state index is 10.4. The predicted octanol–water partition coefficient (Wildman–Crippen LogP) is 3.78. The van der Waals surface area contributed by atoms with Crippen LogP contribution in [-0.2, 0) is 0 Å². The van der Waals surface area contributed by atoms with Gasteiger partial charge < -0.3 is 9.52 Å². The SMILES string of the molecule is CC1CCCC(C)(C)[C@H]1[C@@H](O)c1ccco1. The fraction of sp³-hybridized carbons (Fsp3) is 0.714. The first-order valence-electron chi connectivity index (χ1n) is 6.24. The normalized spacial score (nSPS) is 31.2. The fourth-order valence-electron chi connectivity index (χ4n) is 3.37. The maximum atomic E-state index is 10.4. The minimum absolute atomic E-state index is 0.198. The second-order valence-corrected chi connectivity index (χ2v) is 5.84. The minimum Gasteiger partial charge on any atom is -0.467 e. The molecule has 1 N–H and O–H groups in total. The van der Waals surface area contributed by atoms with E-state index in [4.69, 9.17) is 4.42 Å². The smallest absolute Gasteiger partial charge is 0.132 e. The van der Waals surface area contributed by atoms with Gasteiger partial charge in [0.2, 0.25) is 0 Å². The van der Waals surface area contributed by atoms with Crippen LogP contribution in [0.25, 0.3) is 0 Å². The molecule has 1 unspecified atom stereocenters. The third kappa shape index (κ3) is 2.03. The van der Waals surface area contributed by atoms with Crippen molar-refractivity contribution in [1.82, 2.24) is 0 Å². The van der Waals surface area contributed by atoms with Crippen LogP contribution >= 0.6 is 0 Å². The molecule has 0 aliphatic heterocycles.